The van der Waals surface area contributed by atoms with Gasteiger partial charge in [0.25, 0.3) is 0 Å². The highest BCUT2D eigenvalue weighted by molar-refractivity contribution is 7.12. The average molecular weight is 266 g/mol. The predicted octanol–water partition coefficient (Wildman–Crippen LogP) is 3.30. The highest BCUT2D eigenvalue weighted by Crippen LogP contribution is 2.39. The maximum Gasteiger partial charge on any atom is 0.0479 e. The third kappa shape index (κ3) is 3.14. The third-order valence-corrected chi connectivity index (χ3v) is 5.18. The summed E-state index contributed by atoms with van der Waals surface area (Å²) in [7, 11) is 2.27. The summed E-state index contributed by atoms with van der Waals surface area (Å²) in [5.74, 6) is 0.765. The van der Waals surface area contributed by atoms with E-state index in [0.29, 0.717) is 12.1 Å². The van der Waals surface area contributed by atoms with Gasteiger partial charge in [0.05, 0.1) is 0 Å². The average Bonchev–Trinajstić information content (AvgIpc) is 2.92. The maximum atomic E-state index is 3.61. The first-order valence-electron chi connectivity index (χ1n) is 7.14. The zero-order valence-corrected chi connectivity index (χ0v) is 12.9. The molecule has 1 saturated heterocycles. The zero-order valence-electron chi connectivity index (χ0n) is 12.1. The first-order chi connectivity index (χ1) is 8.61. The first kappa shape index (κ1) is 14.0. The molecule has 2 atom stereocenters. The fourth-order valence-electron chi connectivity index (χ4n) is 2.82. The summed E-state index contributed by atoms with van der Waals surface area (Å²) in [5, 5.41) is 3.61. The van der Waals surface area contributed by atoms with Crippen molar-refractivity contribution in [1.29, 1.82) is 0 Å². The molecule has 1 aromatic heterocycles. The van der Waals surface area contributed by atoms with Crippen molar-refractivity contribution < 1.29 is 0 Å². The number of likely N-dealkylation sites (tertiary alicyclic amines) is 1. The first-order valence-corrected chi connectivity index (χ1v) is 7.95. The quantitative estimate of drug-likeness (QED) is 0.879. The molecule has 0 bridgehead atoms. The molecule has 1 fully saturated rings. The van der Waals surface area contributed by atoms with Crippen molar-refractivity contribution >= 4 is 11.3 Å². The van der Waals surface area contributed by atoms with Crippen LogP contribution in [0.5, 0.6) is 0 Å². The van der Waals surface area contributed by atoms with Gasteiger partial charge in [-0.3, -0.25) is 4.90 Å². The minimum Gasteiger partial charge on any atom is -0.314 e. The number of thiophene rings is 1. The summed E-state index contributed by atoms with van der Waals surface area (Å²) in [4.78, 5) is 5.60. The molecule has 2 heterocycles. The number of nitrogens with zero attached hydrogens (tertiary/aromatic N) is 1. The van der Waals surface area contributed by atoms with E-state index < -0.39 is 0 Å². The summed E-state index contributed by atoms with van der Waals surface area (Å²) < 4.78 is 0. The molecule has 0 aliphatic carbocycles. The lowest BCUT2D eigenvalue weighted by Crippen LogP contribution is -2.31. The van der Waals surface area contributed by atoms with Gasteiger partial charge in [-0.05, 0) is 44.5 Å². The normalized spacial score (nSPS) is 25.2. The number of rotatable bonds is 5. The van der Waals surface area contributed by atoms with E-state index in [4.69, 9.17) is 0 Å². The van der Waals surface area contributed by atoms with Crippen molar-refractivity contribution in [1.82, 2.24) is 10.2 Å². The summed E-state index contributed by atoms with van der Waals surface area (Å²) in [6.45, 7) is 9.08. The molecule has 18 heavy (non-hydrogen) atoms. The lowest BCUT2D eigenvalue weighted by atomic mass is 9.98. The van der Waals surface area contributed by atoms with E-state index in [1.165, 1.54) is 17.8 Å². The molecule has 2 unspecified atom stereocenters. The van der Waals surface area contributed by atoms with Gasteiger partial charge in [-0.15, -0.1) is 11.3 Å². The van der Waals surface area contributed by atoms with Gasteiger partial charge in [-0.1, -0.05) is 20.8 Å². The second kappa shape index (κ2) is 6.18. The highest BCUT2D eigenvalue weighted by atomic mass is 32.1. The molecular weight excluding hydrogens is 240 g/mol. The third-order valence-electron chi connectivity index (χ3n) is 3.88. The number of hydrogen-bond acceptors (Lipinski definition) is 3. The van der Waals surface area contributed by atoms with Crippen LogP contribution in [0.25, 0.3) is 0 Å². The van der Waals surface area contributed by atoms with Crippen molar-refractivity contribution in [3.8, 4) is 0 Å². The molecule has 1 aliphatic heterocycles. The smallest absolute Gasteiger partial charge is 0.0479 e. The highest BCUT2D eigenvalue weighted by Gasteiger charge is 2.33. The Morgan fingerprint density at radius 2 is 2.22 bits per heavy atom. The molecular formula is C15H26N2S. The predicted molar refractivity (Wildman–Crippen MR) is 80.3 cm³/mol. The molecule has 0 radical (unpaired) electrons. The summed E-state index contributed by atoms with van der Waals surface area (Å²) >= 11 is 2.00. The van der Waals surface area contributed by atoms with Crippen molar-refractivity contribution in [2.45, 2.75) is 45.7 Å². The number of hydrogen-bond donors (Lipinski definition) is 1. The van der Waals surface area contributed by atoms with Crippen LogP contribution >= 0.6 is 11.3 Å². The Hall–Kier alpha value is -0.380. The fraction of sp³-hybridized carbons (Fsp3) is 0.733. The molecule has 0 aromatic carbocycles. The van der Waals surface area contributed by atoms with Gasteiger partial charge in [0.15, 0.2) is 0 Å². The summed E-state index contributed by atoms with van der Waals surface area (Å²) in [5.41, 5.74) is 0. The molecule has 1 aromatic rings. The van der Waals surface area contributed by atoms with Gasteiger partial charge in [-0.2, -0.15) is 0 Å². The lowest BCUT2D eigenvalue weighted by molar-refractivity contribution is 0.273. The second-order valence-corrected chi connectivity index (χ2v) is 6.89. The van der Waals surface area contributed by atoms with Crippen LogP contribution in [0.2, 0.25) is 0 Å². The molecule has 2 nitrogen and oxygen atoms in total. The monoisotopic (exact) mass is 266 g/mol. The molecule has 1 N–H and O–H groups in total. The molecule has 0 amide bonds. The van der Waals surface area contributed by atoms with Crippen LogP contribution in [-0.4, -0.2) is 31.1 Å². The van der Waals surface area contributed by atoms with Gasteiger partial charge in [-0.25, -0.2) is 0 Å². The Morgan fingerprint density at radius 1 is 1.44 bits per heavy atom. The molecule has 3 heteroatoms. The van der Waals surface area contributed by atoms with Gasteiger partial charge < -0.3 is 5.32 Å². The van der Waals surface area contributed by atoms with Crippen LogP contribution in [0.15, 0.2) is 12.1 Å². The standard InChI is InChI=1S/C15H26N2S/c1-5-13-6-7-14(18-13)15-12(8-9-17(15)4)10-16-11(2)3/h6-7,11-12,15-16H,5,8-10H2,1-4H3. The Bertz CT molecular complexity index is 372. The second-order valence-electron chi connectivity index (χ2n) is 5.69. The number of aryl methyl sites for hydroxylation is 1. The van der Waals surface area contributed by atoms with E-state index in [2.05, 4.69) is 50.2 Å². The largest absolute Gasteiger partial charge is 0.314 e. The molecule has 0 saturated carbocycles. The summed E-state index contributed by atoms with van der Waals surface area (Å²) in [6.07, 6.45) is 2.48. The van der Waals surface area contributed by atoms with Crippen molar-refractivity contribution in [3.63, 3.8) is 0 Å². The van der Waals surface area contributed by atoms with Crippen molar-refractivity contribution in [2.75, 3.05) is 20.1 Å². The van der Waals surface area contributed by atoms with Crippen LogP contribution in [-0.2, 0) is 6.42 Å². The van der Waals surface area contributed by atoms with Crippen molar-refractivity contribution in [3.05, 3.63) is 21.9 Å². The molecule has 1 aliphatic rings. The summed E-state index contributed by atoms with van der Waals surface area (Å²) in [6, 6.07) is 5.87. The molecule has 0 spiro atoms. The Balaban J connectivity index is 2.07. The van der Waals surface area contributed by atoms with Crippen molar-refractivity contribution in [2.24, 2.45) is 5.92 Å². The minimum atomic E-state index is 0.589. The van der Waals surface area contributed by atoms with E-state index >= 15 is 0 Å². The number of nitrogens with one attached hydrogen (secondary N) is 1. The van der Waals surface area contributed by atoms with Crippen LogP contribution in [0.3, 0.4) is 0 Å². The minimum absolute atomic E-state index is 0.589. The Labute approximate surface area is 115 Å². The van der Waals surface area contributed by atoms with Gasteiger partial charge >= 0.3 is 0 Å². The van der Waals surface area contributed by atoms with Gasteiger partial charge in [0.2, 0.25) is 0 Å². The van der Waals surface area contributed by atoms with E-state index in [1.807, 2.05) is 11.3 Å². The Morgan fingerprint density at radius 3 is 2.83 bits per heavy atom. The van der Waals surface area contributed by atoms with Crippen LogP contribution < -0.4 is 5.32 Å². The zero-order chi connectivity index (χ0) is 13.1. The van der Waals surface area contributed by atoms with E-state index in [-0.39, 0.29) is 0 Å². The SMILES string of the molecule is CCc1ccc(C2C(CNC(C)C)CCN2C)s1. The molecule has 102 valence electrons. The fourth-order valence-corrected chi connectivity index (χ4v) is 4.03. The van der Waals surface area contributed by atoms with Gasteiger partial charge in [0.1, 0.15) is 0 Å². The Kier molecular flexibility index (Phi) is 4.82. The van der Waals surface area contributed by atoms with E-state index in [9.17, 15) is 0 Å². The van der Waals surface area contributed by atoms with Crippen LogP contribution in [0.1, 0.15) is 43.0 Å². The van der Waals surface area contributed by atoms with E-state index in [0.717, 1.165) is 18.9 Å². The van der Waals surface area contributed by atoms with Crippen LogP contribution in [0.4, 0.5) is 0 Å². The van der Waals surface area contributed by atoms with Gasteiger partial charge in [0, 0.05) is 28.4 Å². The van der Waals surface area contributed by atoms with E-state index in [1.54, 1.807) is 4.88 Å². The molecule has 2 rings (SSSR count). The maximum absolute atomic E-state index is 3.61. The van der Waals surface area contributed by atoms with Crippen LogP contribution in [0, 0.1) is 5.92 Å². The lowest BCUT2D eigenvalue weighted by Gasteiger charge is -2.25. The topological polar surface area (TPSA) is 15.3 Å².